The fourth-order valence-corrected chi connectivity index (χ4v) is 2.67. The van der Waals surface area contributed by atoms with Crippen LogP contribution in [0.2, 0.25) is 0 Å². The topological polar surface area (TPSA) is 118 Å². The molecule has 0 spiro atoms. The van der Waals surface area contributed by atoms with Crippen LogP contribution in [0.1, 0.15) is 25.2 Å². The quantitative estimate of drug-likeness (QED) is 0.553. The van der Waals surface area contributed by atoms with Crippen molar-refractivity contribution in [2.45, 2.75) is 33.1 Å². The Morgan fingerprint density at radius 1 is 1.11 bits per heavy atom. The molecule has 0 fully saturated rings. The van der Waals surface area contributed by atoms with E-state index in [2.05, 4.69) is 25.3 Å². The molecule has 9 heteroatoms. The predicted octanol–water partition coefficient (Wildman–Crippen LogP) is 2.43. The van der Waals surface area contributed by atoms with Crippen molar-refractivity contribution in [3.63, 3.8) is 0 Å². The third kappa shape index (κ3) is 3.63. The fourth-order valence-electron chi connectivity index (χ4n) is 2.67. The summed E-state index contributed by atoms with van der Waals surface area (Å²) in [5.74, 6) is 0.691. The van der Waals surface area contributed by atoms with Gasteiger partial charge in [-0.25, -0.2) is 9.67 Å². The lowest BCUT2D eigenvalue weighted by molar-refractivity contribution is 0.0635. The van der Waals surface area contributed by atoms with E-state index in [4.69, 9.17) is 14.9 Å². The molecule has 0 saturated carbocycles. The van der Waals surface area contributed by atoms with E-state index in [-0.39, 0.29) is 12.1 Å². The maximum atomic E-state index is 5.88. The van der Waals surface area contributed by atoms with Crippen LogP contribution in [0.5, 0.6) is 0 Å². The Bertz CT molecular complexity index is 1060. The van der Waals surface area contributed by atoms with E-state index in [0.717, 1.165) is 11.4 Å². The molecule has 0 aliphatic heterocycles. The lowest BCUT2D eigenvalue weighted by Gasteiger charge is -2.08. The summed E-state index contributed by atoms with van der Waals surface area (Å²) in [4.78, 5) is 13.2. The van der Waals surface area contributed by atoms with Gasteiger partial charge in [0.1, 0.15) is 5.69 Å². The summed E-state index contributed by atoms with van der Waals surface area (Å²) in [5.41, 5.74) is 9.13. The number of furan rings is 1. The first kappa shape index (κ1) is 17.1. The molecule has 2 N–H and O–H groups in total. The minimum Gasteiger partial charge on any atom is -0.463 e. The summed E-state index contributed by atoms with van der Waals surface area (Å²) in [6.07, 6.45) is 1.72. The monoisotopic (exact) mass is 365 g/mol. The number of anilines is 1. The minimum atomic E-state index is 0.129. The number of nitrogens with zero attached hydrogens (tertiary/aromatic N) is 6. The van der Waals surface area contributed by atoms with Crippen LogP contribution in [0, 0.1) is 0 Å². The first-order valence-electron chi connectivity index (χ1n) is 8.57. The van der Waals surface area contributed by atoms with Gasteiger partial charge in [0.15, 0.2) is 16.9 Å². The summed E-state index contributed by atoms with van der Waals surface area (Å²) in [6, 6.07) is 9.36. The maximum Gasteiger partial charge on any atom is 0.222 e. The van der Waals surface area contributed by atoms with Gasteiger partial charge in [-0.3, -0.25) is 4.98 Å². The van der Waals surface area contributed by atoms with Crippen LogP contribution in [0.3, 0.4) is 0 Å². The van der Waals surface area contributed by atoms with Gasteiger partial charge >= 0.3 is 0 Å². The second-order valence-electron chi connectivity index (χ2n) is 6.31. The van der Waals surface area contributed by atoms with Crippen LogP contribution in [0.25, 0.3) is 22.6 Å². The van der Waals surface area contributed by atoms with E-state index in [0.29, 0.717) is 35.8 Å². The zero-order valence-corrected chi connectivity index (χ0v) is 15.0. The average Bonchev–Trinajstić information content (AvgIpc) is 3.30. The Kier molecular flexibility index (Phi) is 4.51. The highest BCUT2D eigenvalue weighted by Crippen LogP contribution is 2.25. The van der Waals surface area contributed by atoms with Crippen molar-refractivity contribution in [3.05, 3.63) is 48.0 Å². The normalized spacial score (nSPS) is 11.5. The molecule has 4 aromatic heterocycles. The van der Waals surface area contributed by atoms with Gasteiger partial charge < -0.3 is 14.9 Å². The molecule has 4 aromatic rings. The predicted molar refractivity (Wildman–Crippen MR) is 98.5 cm³/mol. The number of nitrogens with two attached hydrogens (primary N) is 1. The highest BCUT2D eigenvalue weighted by atomic mass is 16.5. The summed E-state index contributed by atoms with van der Waals surface area (Å²) < 4.78 is 12.7. The molecule has 4 heterocycles. The SMILES string of the molecule is CC(C)OCc1cccc(Cn2nnc3c(-c4ccco4)nc(N)nc32)n1. The average molecular weight is 365 g/mol. The molecule has 0 amide bonds. The first-order chi connectivity index (χ1) is 13.1. The van der Waals surface area contributed by atoms with Crippen molar-refractivity contribution in [1.82, 2.24) is 29.9 Å². The van der Waals surface area contributed by atoms with Crippen LogP contribution in [0.15, 0.2) is 41.0 Å². The Balaban J connectivity index is 1.66. The second-order valence-corrected chi connectivity index (χ2v) is 6.31. The summed E-state index contributed by atoms with van der Waals surface area (Å²) in [6.45, 7) is 4.85. The molecule has 0 aromatic carbocycles. The Morgan fingerprint density at radius 2 is 1.96 bits per heavy atom. The summed E-state index contributed by atoms with van der Waals surface area (Å²) in [7, 11) is 0. The number of pyridine rings is 1. The molecule has 4 rings (SSSR count). The molecule has 9 nitrogen and oxygen atoms in total. The second kappa shape index (κ2) is 7.12. The molecule has 138 valence electrons. The molecule has 0 unspecified atom stereocenters. The number of rotatable bonds is 6. The van der Waals surface area contributed by atoms with Gasteiger partial charge in [-0.2, -0.15) is 4.98 Å². The van der Waals surface area contributed by atoms with Gasteiger partial charge in [-0.15, -0.1) is 5.10 Å². The smallest absolute Gasteiger partial charge is 0.222 e. The molecule has 0 bridgehead atoms. The van der Waals surface area contributed by atoms with Crippen molar-refractivity contribution >= 4 is 17.1 Å². The van der Waals surface area contributed by atoms with Crippen LogP contribution in [-0.2, 0) is 17.9 Å². The van der Waals surface area contributed by atoms with E-state index in [1.807, 2.05) is 32.0 Å². The largest absolute Gasteiger partial charge is 0.463 e. The third-order valence-corrected chi connectivity index (χ3v) is 3.88. The van der Waals surface area contributed by atoms with Gasteiger partial charge in [0.2, 0.25) is 5.95 Å². The van der Waals surface area contributed by atoms with E-state index < -0.39 is 0 Å². The highest BCUT2D eigenvalue weighted by Gasteiger charge is 2.17. The maximum absolute atomic E-state index is 5.88. The molecule has 0 saturated heterocycles. The summed E-state index contributed by atoms with van der Waals surface area (Å²) >= 11 is 0. The number of hydrogen-bond donors (Lipinski definition) is 1. The molecule has 0 atom stereocenters. The number of hydrogen-bond acceptors (Lipinski definition) is 8. The Morgan fingerprint density at radius 3 is 2.74 bits per heavy atom. The fraction of sp³-hybridized carbons (Fsp3) is 0.278. The van der Waals surface area contributed by atoms with E-state index in [1.54, 1.807) is 23.1 Å². The standard InChI is InChI=1S/C18H19N7O2/c1-11(2)27-10-13-6-3-5-12(20-13)9-25-17-16(23-24-25)15(21-18(19)22-17)14-7-4-8-26-14/h3-8,11H,9-10H2,1-2H3,(H2,19,21,22). The number of ether oxygens (including phenoxy) is 1. The highest BCUT2D eigenvalue weighted by molar-refractivity contribution is 5.85. The van der Waals surface area contributed by atoms with Crippen molar-refractivity contribution in [3.8, 4) is 11.5 Å². The number of nitrogen functional groups attached to an aromatic ring is 1. The molecular formula is C18H19N7O2. The minimum absolute atomic E-state index is 0.129. The van der Waals surface area contributed by atoms with Crippen molar-refractivity contribution in [1.29, 1.82) is 0 Å². The van der Waals surface area contributed by atoms with Crippen LogP contribution < -0.4 is 5.73 Å². The van der Waals surface area contributed by atoms with Gasteiger partial charge in [-0.1, -0.05) is 11.3 Å². The zero-order chi connectivity index (χ0) is 18.8. The van der Waals surface area contributed by atoms with Gasteiger partial charge in [-0.05, 0) is 38.1 Å². The van der Waals surface area contributed by atoms with Gasteiger partial charge in [0.05, 0.1) is 36.9 Å². The van der Waals surface area contributed by atoms with Crippen LogP contribution >= 0.6 is 0 Å². The molecule has 0 aliphatic carbocycles. The van der Waals surface area contributed by atoms with Crippen molar-refractivity contribution < 1.29 is 9.15 Å². The van der Waals surface area contributed by atoms with Crippen molar-refractivity contribution in [2.24, 2.45) is 0 Å². The number of fused-ring (bicyclic) bond motifs is 1. The van der Waals surface area contributed by atoms with Gasteiger partial charge in [0.25, 0.3) is 0 Å². The molecule has 27 heavy (non-hydrogen) atoms. The van der Waals surface area contributed by atoms with E-state index in [9.17, 15) is 0 Å². The first-order valence-corrected chi connectivity index (χ1v) is 8.57. The third-order valence-electron chi connectivity index (χ3n) is 3.88. The number of aromatic nitrogens is 6. The molecular weight excluding hydrogens is 346 g/mol. The lowest BCUT2D eigenvalue weighted by Crippen LogP contribution is -2.08. The zero-order valence-electron chi connectivity index (χ0n) is 15.0. The summed E-state index contributed by atoms with van der Waals surface area (Å²) in [5, 5.41) is 8.42. The van der Waals surface area contributed by atoms with Crippen LogP contribution in [-0.4, -0.2) is 36.0 Å². The Hall–Kier alpha value is -3.33. The van der Waals surface area contributed by atoms with Gasteiger partial charge in [0, 0.05) is 0 Å². The molecule has 0 radical (unpaired) electrons. The Labute approximate surface area is 155 Å². The van der Waals surface area contributed by atoms with E-state index >= 15 is 0 Å². The molecule has 0 aliphatic rings. The van der Waals surface area contributed by atoms with E-state index in [1.165, 1.54) is 0 Å². The van der Waals surface area contributed by atoms with Crippen molar-refractivity contribution in [2.75, 3.05) is 5.73 Å². The lowest BCUT2D eigenvalue weighted by atomic mass is 10.3. The van der Waals surface area contributed by atoms with Crippen LogP contribution in [0.4, 0.5) is 5.95 Å².